The van der Waals surface area contributed by atoms with Gasteiger partial charge in [-0.05, 0) is 62.2 Å². The zero-order valence-electron chi connectivity index (χ0n) is 20.0. The summed E-state index contributed by atoms with van der Waals surface area (Å²) in [4.78, 5) is 12.9. The molecule has 1 aliphatic heterocycles. The molecule has 2 aromatic carbocycles. The number of benzene rings is 2. The summed E-state index contributed by atoms with van der Waals surface area (Å²) < 4.78 is 58.3. The fourth-order valence-electron chi connectivity index (χ4n) is 3.88. The van der Waals surface area contributed by atoms with Crippen LogP contribution >= 0.6 is 23.2 Å². The van der Waals surface area contributed by atoms with Crippen LogP contribution in [0, 0.1) is 0 Å². The Kier molecular flexibility index (Phi) is 9.50. The molecule has 1 aliphatic rings. The maximum atomic E-state index is 12.7. The minimum atomic E-state index is -3.80. The van der Waals surface area contributed by atoms with Gasteiger partial charge in [0.05, 0.1) is 33.4 Å². The quantitative estimate of drug-likeness (QED) is 0.432. The zero-order chi connectivity index (χ0) is 26.5. The van der Waals surface area contributed by atoms with Gasteiger partial charge in [-0.2, -0.15) is 4.31 Å². The molecule has 1 saturated heterocycles. The smallest absolute Gasteiger partial charge is 0.243 e. The van der Waals surface area contributed by atoms with Crippen molar-refractivity contribution in [1.29, 1.82) is 0 Å². The summed E-state index contributed by atoms with van der Waals surface area (Å²) in [5.41, 5.74) is 0.213. The molecule has 0 aliphatic carbocycles. The second-order valence-electron chi connectivity index (χ2n) is 8.41. The highest BCUT2D eigenvalue weighted by Crippen LogP contribution is 2.29. The van der Waals surface area contributed by atoms with Crippen molar-refractivity contribution in [2.45, 2.75) is 37.1 Å². The predicted molar refractivity (Wildman–Crippen MR) is 141 cm³/mol. The number of carbonyl (C=O) groups excluding carboxylic acids is 1. The van der Waals surface area contributed by atoms with Crippen LogP contribution in [0.5, 0.6) is 5.75 Å². The second kappa shape index (κ2) is 12.0. The third-order valence-corrected chi connectivity index (χ3v) is 9.59. The van der Waals surface area contributed by atoms with Crippen molar-refractivity contribution >= 4 is 54.8 Å². The lowest BCUT2D eigenvalue weighted by Crippen LogP contribution is -2.48. The summed E-state index contributed by atoms with van der Waals surface area (Å²) in [6, 6.07) is 9.39. The summed E-state index contributed by atoms with van der Waals surface area (Å²) in [5, 5.41) is 3.08. The summed E-state index contributed by atoms with van der Waals surface area (Å²) in [6.45, 7) is 2.72. The molecule has 13 heteroatoms. The number of anilines is 1. The van der Waals surface area contributed by atoms with E-state index in [0.717, 1.165) is 29.8 Å². The number of nitrogens with zero attached hydrogens (tertiary/aromatic N) is 2. The van der Waals surface area contributed by atoms with Crippen molar-refractivity contribution in [3.63, 3.8) is 0 Å². The van der Waals surface area contributed by atoms with E-state index in [1.165, 1.54) is 41.6 Å². The standard InChI is InChI=1S/C23H29Cl2N3O6S2/c1-17(28(35(2,30)31)18-6-11-21(24)22(25)16-18)23(29)26-12-15-34-19-7-9-20(10-8-19)36(32,33)27-13-4-3-5-14-27/h6-11,16-17H,3-5,12-15H2,1-2H3,(H,26,29). The molecule has 1 amide bonds. The fraction of sp³-hybridized carbons (Fsp3) is 0.435. The Hall–Kier alpha value is -2.05. The molecule has 1 heterocycles. The highest BCUT2D eigenvalue weighted by atomic mass is 35.5. The molecule has 36 heavy (non-hydrogen) atoms. The van der Waals surface area contributed by atoms with Crippen molar-refractivity contribution in [3.8, 4) is 5.75 Å². The van der Waals surface area contributed by atoms with E-state index in [2.05, 4.69) is 5.32 Å². The first-order valence-corrected chi connectivity index (χ1v) is 15.4. The Morgan fingerprint density at radius 3 is 2.25 bits per heavy atom. The number of piperidine rings is 1. The van der Waals surface area contributed by atoms with Crippen LogP contribution in [0.4, 0.5) is 5.69 Å². The Balaban J connectivity index is 1.55. The molecule has 0 saturated carbocycles. The molecule has 1 N–H and O–H groups in total. The SMILES string of the molecule is CC(C(=O)NCCOc1ccc(S(=O)(=O)N2CCCCC2)cc1)N(c1ccc(Cl)c(Cl)c1)S(C)(=O)=O. The second-order valence-corrected chi connectivity index (χ2v) is 13.0. The van der Waals surface area contributed by atoms with Crippen LogP contribution in [0.1, 0.15) is 26.2 Å². The van der Waals surface area contributed by atoms with Crippen LogP contribution in [0.25, 0.3) is 0 Å². The summed E-state index contributed by atoms with van der Waals surface area (Å²) in [6.07, 6.45) is 3.76. The molecule has 1 atom stereocenters. The van der Waals surface area contributed by atoms with Crippen LogP contribution in [0.15, 0.2) is 47.4 Å². The monoisotopic (exact) mass is 577 g/mol. The van der Waals surface area contributed by atoms with Crippen molar-refractivity contribution in [2.75, 3.05) is 36.8 Å². The van der Waals surface area contributed by atoms with Gasteiger partial charge in [0.1, 0.15) is 18.4 Å². The van der Waals surface area contributed by atoms with E-state index in [1.54, 1.807) is 12.1 Å². The zero-order valence-corrected chi connectivity index (χ0v) is 23.1. The average molecular weight is 579 g/mol. The van der Waals surface area contributed by atoms with Crippen LogP contribution in [-0.2, 0) is 24.8 Å². The lowest BCUT2D eigenvalue weighted by atomic mass is 10.2. The molecule has 0 radical (unpaired) electrons. The number of hydrogen-bond acceptors (Lipinski definition) is 6. The van der Waals surface area contributed by atoms with Gasteiger partial charge in [-0.3, -0.25) is 9.10 Å². The lowest BCUT2D eigenvalue weighted by molar-refractivity contribution is -0.121. The van der Waals surface area contributed by atoms with Gasteiger partial charge in [0.25, 0.3) is 0 Å². The van der Waals surface area contributed by atoms with Crippen molar-refractivity contribution < 1.29 is 26.4 Å². The highest BCUT2D eigenvalue weighted by molar-refractivity contribution is 7.92. The number of halogens is 2. The van der Waals surface area contributed by atoms with E-state index in [0.29, 0.717) is 18.8 Å². The maximum Gasteiger partial charge on any atom is 0.243 e. The molecule has 1 unspecified atom stereocenters. The number of amides is 1. The van der Waals surface area contributed by atoms with Gasteiger partial charge in [-0.25, -0.2) is 16.8 Å². The van der Waals surface area contributed by atoms with Crippen LogP contribution < -0.4 is 14.4 Å². The van der Waals surface area contributed by atoms with Gasteiger partial charge in [-0.1, -0.05) is 29.6 Å². The van der Waals surface area contributed by atoms with Gasteiger partial charge in [0.2, 0.25) is 26.0 Å². The van der Waals surface area contributed by atoms with Gasteiger partial charge in [0.15, 0.2) is 0 Å². The normalized spacial score (nSPS) is 15.8. The Morgan fingerprint density at radius 2 is 1.67 bits per heavy atom. The highest BCUT2D eigenvalue weighted by Gasteiger charge is 2.29. The minimum absolute atomic E-state index is 0.0995. The predicted octanol–water partition coefficient (Wildman–Crippen LogP) is 3.52. The van der Waals surface area contributed by atoms with Crippen molar-refractivity contribution in [1.82, 2.24) is 9.62 Å². The molecule has 1 fully saturated rings. The largest absolute Gasteiger partial charge is 0.492 e. The minimum Gasteiger partial charge on any atom is -0.492 e. The summed E-state index contributed by atoms with van der Waals surface area (Å²) >= 11 is 11.9. The lowest BCUT2D eigenvalue weighted by Gasteiger charge is -2.28. The first kappa shape index (κ1) is 28.5. The number of rotatable bonds is 10. The summed E-state index contributed by atoms with van der Waals surface area (Å²) in [5.74, 6) is -0.0819. The number of carbonyl (C=O) groups is 1. The van der Waals surface area contributed by atoms with Gasteiger partial charge in [-0.15, -0.1) is 0 Å². The molecule has 3 rings (SSSR count). The first-order chi connectivity index (χ1) is 16.9. The van der Waals surface area contributed by atoms with Crippen molar-refractivity contribution in [2.24, 2.45) is 0 Å². The van der Waals surface area contributed by atoms with E-state index in [4.69, 9.17) is 27.9 Å². The molecule has 0 bridgehead atoms. The van der Waals surface area contributed by atoms with E-state index < -0.39 is 32.0 Å². The molecule has 9 nitrogen and oxygen atoms in total. The Labute approximate surface area is 222 Å². The average Bonchev–Trinajstić information content (AvgIpc) is 2.84. The third kappa shape index (κ3) is 7.04. The molecular weight excluding hydrogens is 549 g/mol. The van der Waals surface area contributed by atoms with Crippen LogP contribution in [0.3, 0.4) is 0 Å². The first-order valence-electron chi connectivity index (χ1n) is 11.4. The van der Waals surface area contributed by atoms with E-state index in [9.17, 15) is 21.6 Å². The Morgan fingerprint density at radius 1 is 1.03 bits per heavy atom. The topological polar surface area (TPSA) is 113 Å². The fourth-order valence-corrected chi connectivity index (χ4v) is 6.86. The van der Waals surface area contributed by atoms with Crippen molar-refractivity contribution in [3.05, 3.63) is 52.5 Å². The maximum absolute atomic E-state index is 12.7. The van der Waals surface area contributed by atoms with E-state index in [-0.39, 0.29) is 33.8 Å². The molecular formula is C23H29Cl2N3O6S2. The number of sulfonamides is 2. The Bertz CT molecular complexity index is 1280. The van der Waals surface area contributed by atoms with Crippen LogP contribution in [-0.4, -0.2) is 65.6 Å². The van der Waals surface area contributed by atoms with E-state index in [1.807, 2.05) is 0 Å². The van der Waals surface area contributed by atoms with Gasteiger partial charge >= 0.3 is 0 Å². The van der Waals surface area contributed by atoms with Gasteiger partial charge in [0, 0.05) is 13.1 Å². The summed E-state index contributed by atoms with van der Waals surface area (Å²) in [7, 11) is -7.32. The molecule has 2 aromatic rings. The number of ether oxygens (including phenoxy) is 1. The molecule has 198 valence electrons. The third-order valence-electron chi connectivity index (χ3n) is 5.69. The molecule has 0 aromatic heterocycles. The molecule has 0 spiro atoms. The number of nitrogens with one attached hydrogen (secondary N) is 1. The van der Waals surface area contributed by atoms with E-state index >= 15 is 0 Å². The van der Waals surface area contributed by atoms with Gasteiger partial charge < -0.3 is 10.1 Å². The number of hydrogen-bond donors (Lipinski definition) is 1. The van der Waals surface area contributed by atoms with Crippen LogP contribution in [0.2, 0.25) is 10.0 Å².